The molecule has 0 unspecified atom stereocenters. The van der Waals surface area contributed by atoms with Crippen molar-refractivity contribution in [3.63, 3.8) is 0 Å². The summed E-state index contributed by atoms with van der Waals surface area (Å²) in [5.74, 6) is 1.79. The summed E-state index contributed by atoms with van der Waals surface area (Å²) >= 11 is 12.1. The van der Waals surface area contributed by atoms with Gasteiger partial charge < -0.3 is 15.6 Å². The zero-order valence-corrected chi connectivity index (χ0v) is 14.8. The third kappa shape index (κ3) is 3.50. The third-order valence-electron chi connectivity index (χ3n) is 4.07. The summed E-state index contributed by atoms with van der Waals surface area (Å²) in [6.07, 6.45) is 3.93. The second-order valence-electron chi connectivity index (χ2n) is 5.82. The van der Waals surface area contributed by atoms with Crippen LogP contribution in [0.15, 0.2) is 53.7 Å². The van der Waals surface area contributed by atoms with Gasteiger partial charge >= 0.3 is 0 Å². The highest BCUT2D eigenvalue weighted by molar-refractivity contribution is 6.32. The van der Waals surface area contributed by atoms with Crippen molar-refractivity contribution < 1.29 is 0 Å². The lowest BCUT2D eigenvalue weighted by atomic mass is 10.1. The number of aromatic nitrogens is 2. The Hall–Kier alpha value is -2.43. The van der Waals surface area contributed by atoms with Gasteiger partial charge in [0.1, 0.15) is 11.6 Å². The summed E-state index contributed by atoms with van der Waals surface area (Å²) in [6.45, 7) is 1.33. The molecule has 0 saturated carbocycles. The van der Waals surface area contributed by atoms with Gasteiger partial charge in [0, 0.05) is 33.9 Å². The van der Waals surface area contributed by atoms with Crippen molar-refractivity contribution in [1.29, 1.82) is 0 Å². The lowest BCUT2D eigenvalue weighted by molar-refractivity contribution is 1.11. The largest absolute Gasteiger partial charge is 0.366 e. The standard InChI is InChI=1S/C19H16Cl2N4/c20-13-6-4-12(5-7-13)9-22-18-3-1-2-17(25-18)16-11-24-19-15(16)8-14(21)10-23-19/h1-8,11,23-24H,9-10H2,(H,22,25). The number of anilines is 2. The van der Waals surface area contributed by atoms with Crippen molar-refractivity contribution in [3.05, 3.63) is 69.8 Å². The van der Waals surface area contributed by atoms with Crippen LogP contribution in [0.3, 0.4) is 0 Å². The van der Waals surface area contributed by atoms with Gasteiger partial charge in [0.2, 0.25) is 0 Å². The van der Waals surface area contributed by atoms with Crippen LogP contribution in [-0.4, -0.2) is 16.5 Å². The van der Waals surface area contributed by atoms with E-state index in [2.05, 4.69) is 15.6 Å². The number of benzene rings is 1. The number of aromatic amines is 1. The van der Waals surface area contributed by atoms with Crippen LogP contribution in [0.5, 0.6) is 0 Å². The minimum atomic E-state index is 0.643. The summed E-state index contributed by atoms with van der Waals surface area (Å²) in [4.78, 5) is 7.96. The number of halogens is 2. The lowest BCUT2D eigenvalue weighted by Crippen LogP contribution is -2.07. The molecule has 0 spiro atoms. The zero-order valence-electron chi connectivity index (χ0n) is 13.3. The fraction of sp³-hybridized carbons (Fsp3) is 0.105. The van der Waals surface area contributed by atoms with Gasteiger partial charge in [0.05, 0.1) is 12.2 Å². The van der Waals surface area contributed by atoms with Crippen molar-refractivity contribution in [1.82, 2.24) is 9.97 Å². The molecular weight excluding hydrogens is 355 g/mol. The van der Waals surface area contributed by atoms with Gasteiger partial charge in [-0.3, -0.25) is 0 Å². The smallest absolute Gasteiger partial charge is 0.126 e. The first kappa shape index (κ1) is 16.1. The monoisotopic (exact) mass is 370 g/mol. The van der Waals surface area contributed by atoms with Gasteiger partial charge in [-0.2, -0.15) is 0 Å². The normalized spacial score (nSPS) is 13.0. The van der Waals surface area contributed by atoms with E-state index in [9.17, 15) is 0 Å². The molecular formula is C19H16Cl2N4. The number of pyridine rings is 1. The molecule has 0 saturated heterocycles. The van der Waals surface area contributed by atoms with E-state index in [1.807, 2.05) is 54.7 Å². The summed E-state index contributed by atoms with van der Waals surface area (Å²) in [6, 6.07) is 13.7. The summed E-state index contributed by atoms with van der Waals surface area (Å²) in [5.41, 5.74) is 4.10. The first-order valence-electron chi connectivity index (χ1n) is 7.96. The molecule has 0 atom stereocenters. The van der Waals surface area contributed by atoms with E-state index < -0.39 is 0 Å². The number of nitrogens with one attached hydrogen (secondary N) is 3. The highest BCUT2D eigenvalue weighted by Gasteiger charge is 2.16. The molecule has 3 heterocycles. The van der Waals surface area contributed by atoms with Crippen LogP contribution in [0.25, 0.3) is 17.3 Å². The molecule has 1 aliphatic rings. The van der Waals surface area contributed by atoms with Crippen molar-refractivity contribution in [3.8, 4) is 11.3 Å². The summed E-state index contributed by atoms with van der Waals surface area (Å²) in [7, 11) is 0. The molecule has 6 heteroatoms. The second kappa shape index (κ2) is 6.82. The Kier molecular flexibility index (Phi) is 4.38. The molecule has 0 bridgehead atoms. The van der Waals surface area contributed by atoms with Gasteiger partial charge in [-0.1, -0.05) is 41.4 Å². The van der Waals surface area contributed by atoms with Crippen LogP contribution in [0.2, 0.25) is 5.02 Å². The number of hydrogen-bond donors (Lipinski definition) is 3. The van der Waals surface area contributed by atoms with E-state index in [4.69, 9.17) is 28.2 Å². The number of H-pyrrole nitrogens is 1. The molecule has 4 nitrogen and oxygen atoms in total. The van der Waals surface area contributed by atoms with Crippen molar-refractivity contribution >= 4 is 40.9 Å². The Balaban J connectivity index is 1.56. The van der Waals surface area contributed by atoms with Crippen LogP contribution in [-0.2, 0) is 6.54 Å². The zero-order chi connectivity index (χ0) is 17.2. The average Bonchev–Trinajstić information content (AvgIpc) is 3.04. The van der Waals surface area contributed by atoms with Gasteiger partial charge in [-0.25, -0.2) is 4.98 Å². The average molecular weight is 371 g/mol. The molecule has 1 aromatic carbocycles. The van der Waals surface area contributed by atoms with Gasteiger partial charge in [0.25, 0.3) is 0 Å². The van der Waals surface area contributed by atoms with Gasteiger partial charge in [-0.15, -0.1) is 0 Å². The molecule has 0 fully saturated rings. The Morgan fingerprint density at radius 2 is 1.92 bits per heavy atom. The number of fused-ring (bicyclic) bond motifs is 1. The van der Waals surface area contributed by atoms with Gasteiger partial charge in [0.15, 0.2) is 0 Å². The quantitative estimate of drug-likeness (QED) is 0.580. The maximum atomic E-state index is 6.16. The third-order valence-corrected chi connectivity index (χ3v) is 4.56. The lowest BCUT2D eigenvalue weighted by Gasteiger charge is -2.12. The molecule has 1 aliphatic heterocycles. The van der Waals surface area contributed by atoms with Crippen molar-refractivity contribution in [2.24, 2.45) is 0 Å². The molecule has 126 valence electrons. The fourth-order valence-electron chi connectivity index (χ4n) is 2.80. The first-order chi connectivity index (χ1) is 12.2. The highest BCUT2D eigenvalue weighted by atomic mass is 35.5. The fourth-order valence-corrected chi connectivity index (χ4v) is 3.10. The van der Waals surface area contributed by atoms with Gasteiger partial charge in [-0.05, 0) is 35.9 Å². The maximum Gasteiger partial charge on any atom is 0.126 e. The van der Waals surface area contributed by atoms with E-state index in [0.717, 1.165) is 44.1 Å². The Morgan fingerprint density at radius 1 is 1.08 bits per heavy atom. The molecule has 3 N–H and O–H groups in total. The number of rotatable bonds is 4. The van der Waals surface area contributed by atoms with E-state index in [-0.39, 0.29) is 0 Å². The van der Waals surface area contributed by atoms with E-state index in [0.29, 0.717) is 13.1 Å². The molecule has 2 aromatic heterocycles. The number of hydrogen-bond acceptors (Lipinski definition) is 3. The molecule has 3 aromatic rings. The van der Waals surface area contributed by atoms with Crippen molar-refractivity contribution in [2.45, 2.75) is 6.54 Å². The van der Waals surface area contributed by atoms with Crippen molar-refractivity contribution in [2.75, 3.05) is 17.2 Å². The minimum absolute atomic E-state index is 0.643. The first-order valence-corrected chi connectivity index (χ1v) is 8.72. The molecule has 25 heavy (non-hydrogen) atoms. The molecule has 0 amide bonds. The van der Waals surface area contributed by atoms with Crippen LogP contribution < -0.4 is 10.6 Å². The molecule has 0 aliphatic carbocycles. The van der Waals surface area contributed by atoms with E-state index in [1.165, 1.54) is 0 Å². The Morgan fingerprint density at radius 3 is 2.76 bits per heavy atom. The van der Waals surface area contributed by atoms with Crippen LogP contribution >= 0.6 is 23.2 Å². The highest BCUT2D eigenvalue weighted by Crippen LogP contribution is 2.33. The minimum Gasteiger partial charge on any atom is -0.366 e. The Labute approximate surface area is 155 Å². The second-order valence-corrected chi connectivity index (χ2v) is 6.75. The molecule has 0 radical (unpaired) electrons. The predicted molar refractivity (Wildman–Crippen MR) is 105 cm³/mol. The summed E-state index contributed by atoms with van der Waals surface area (Å²) < 4.78 is 0. The Bertz CT molecular complexity index is 929. The maximum absolute atomic E-state index is 6.16. The van der Waals surface area contributed by atoms with E-state index in [1.54, 1.807) is 0 Å². The van der Waals surface area contributed by atoms with Crippen LogP contribution in [0, 0.1) is 0 Å². The molecule has 4 rings (SSSR count). The van der Waals surface area contributed by atoms with E-state index >= 15 is 0 Å². The SMILES string of the molecule is ClC1=Cc2c(-c3cccc(NCc4ccc(Cl)cc4)n3)c[nH]c2NC1. The predicted octanol–water partition coefficient (Wildman–Crippen LogP) is 5.35. The summed E-state index contributed by atoms with van der Waals surface area (Å²) in [5, 5.41) is 8.13. The number of nitrogens with zero attached hydrogens (tertiary/aromatic N) is 1. The van der Waals surface area contributed by atoms with Crippen LogP contribution in [0.1, 0.15) is 11.1 Å². The topological polar surface area (TPSA) is 52.7 Å². The van der Waals surface area contributed by atoms with Crippen LogP contribution in [0.4, 0.5) is 11.6 Å².